The van der Waals surface area contributed by atoms with E-state index in [1.165, 1.54) is 22.5 Å². The molecule has 1 aromatic rings. The molecule has 2 atom stereocenters. The fourth-order valence-corrected chi connectivity index (χ4v) is 4.15. The molecule has 0 radical (unpaired) electrons. The van der Waals surface area contributed by atoms with E-state index in [-0.39, 0.29) is 29.3 Å². The molecule has 20 heavy (non-hydrogen) atoms. The molecule has 4 nitrogen and oxygen atoms in total. The topological polar surface area (TPSA) is 63.4 Å². The number of nitrogens with two attached hydrogens (primary N) is 1. The van der Waals surface area contributed by atoms with Crippen LogP contribution in [0.3, 0.4) is 0 Å². The first-order chi connectivity index (χ1) is 8.82. The van der Waals surface area contributed by atoms with Gasteiger partial charge in [-0.25, -0.2) is 12.8 Å². The molecule has 2 unspecified atom stereocenters. The van der Waals surface area contributed by atoms with Gasteiger partial charge in [-0.3, -0.25) is 0 Å². The van der Waals surface area contributed by atoms with Crippen molar-refractivity contribution in [1.29, 1.82) is 0 Å². The van der Waals surface area contributed by atoms with Gasteiger partial charge in [-0.05, 0) is 43.0 Å². The number of halogens is 2. The van der Waals surface area contributed by atoms with Crippen LogP contribution in [0.1, 0.15) is 18.9 Å². The fourth-order valence-electron chi connectivity index (χ4n) is 2.39. The number of piperidine rings is 1. The standard InChI is InChI=1S/C13H19FN2O2S.ClH/c1-9-7-11(14)3-4-13(9)19(17,18)16-6-5-12(15)10(2)8-16;/h3-4,7,10,12H,5-6,8,15H2,1-2H3;1H. The number of benzene rings is 1. The molecule has 7 heteroatoms. The molecule has 1 aromatic carbocycles. The molecule has 2 rings (SSSR count). The van der Waals surface area contributed by atoms with Gasteiger partial charge in [0.05, 0.1) is 4.90 Å². The lowest BCUT2D eigenvalue weighted by atomic mass is 9.96. The first kappa shape index (κ1) is 17.4. The van der Waals surface area contributed by atoms with Crippen molar-refractivity contribution in [2.75, 3.05) is 13.1 Å². The zero-order valence-electron chi connectivity index (χ0n) is 11.5. The second-order valence-corrected chi connectivity index (χ2v) is 7.11. The predicted molar refractivity (Wildman–Crippen MR) is 78.9 cm³/mol. The SMILES string of the molecule is Cc1cc(F)ccc1S(=O)(=O)N1CCC(N)C(C)C1.Cl. The van der Waals surface area contributed by atoms with E-state index in [1.54, 1.807) is 6.92 Å². The van der Waals surface area contributed by atoms with E-state index in [4.69, 9.17) is 5.73 Å². The normalized spacial score (nSPS) is 24.2. The van der Waals surface area contributed by atoms with Crippen LogP contribution < -0.4 is 5.73 Å². The Morgan fingerprint density at radius 3 is 2.60 bits per heavy atom. The van der Waals surface area contributed by atoms with E-state index in [2.05, 4.69) is 0 Å². The fraction of sp³-hybridized carbons (Fsp3) is 0.538. The van der Waals surface area contributed by atoms with Crippen LogP contribution in [0.4, 0.5) is 4.39 Å². The van der Waals surface area contributed by atoms with Crippen LogP contribution in [0, 0.1) is 18.7 Å². The van der Waals surface area contributed by atoms with E-state index in [9.17, 15) is 12.8 Å². The van der Waals surface area contributed by atoms with Crippen molar-refractivity contribution in [1.82, 2.24) is 4.31 Å². The minimum Gasteiger partial charge on any atom is -0.327 e. The Morgan fingerprint density at radius 1 is 1.40 bits per heavy atom. The van der Waals surface area contributed by atoms with E-state index in [0.717, 1.165) is 0 Å². The molecule has 0 aromatic heterocycles. The average molecular weight is 323 g/mol. The Balaban J connectivity index is 0.00000200. The molecule has 0 aliphatic carbocycles. The lowest BCUT2D eigenvalue weighted by Gasteiger charge is -2.34. The number of hydrogen-bond acceptors (Lipinski definition) is 3. The van der Waals surface area contributed by atoms with Gasteiger partial charge in [0.25, 0.3) is 0 Å². The Bertz CT molecular complexity index is 580. The zero-order valence-corrected chi connectivity index (χ0v) is 13.2. The Kier molecular flexibility index (Phi) is 5.54. The quantitative estimate of drug-likeness (QED) is 0.904. The molecule has 2 N–H and O–H groups in total. The van der Waals surface area contributed by atoms with Crippen LogP contribution in [0.15, 0.2) is 23.1 Å². The van der Waals surface area contributed by atoms with Crippen molar-refractivity contribution >= 4 is 22.4 Å². The van der Waals surface area contributed by atoms with Crippen molar-refractivity contribution in [3.05, 3.63) is 29.6 Å². The van der Waals surface area contributed by atoms with E-state index < -0.39 is 15.8 Å². The van der Waals surface area contributed by atoms with Gasteiger partial charge in [0.15, 0.2) is 0 Å². The molecule has 1 saturated heterocycles. The van der Waals surface area contributed by atoms with Gasteiger partial charge in [-0.1, -0.05) is 6.92 Å². The molecule has 0 spiro atoms. The highest BCUT2D eigenvalue weighted by Crippen LogP contribution is 2.25. The molecule has 1 aliphatic heterocycles. The van der Waals surface area contributed by atoms with Crippen LogP contribution in [0.5, 0.6) is 0 Å². The highest BCUT2D eigenvalue weighted by Gasteiger charge is 2.32. The van der Waals surface area contributed by atoms with Gasteiger partial charge >= 0.3 is 0 Å². The number of rotatable bonds is 2. The van der Waals surface area contributed by atoms with Crippen molar-refractivity contribution in [3.63, 3.8) is 0 Å². The smallest absolute Gasteiger partial charge is 0.243 e. The third-order valence-electron chi connectivity index (χ3n) is 3.69. The Morgan fingerprint density at radius 2 is 2.05 bits per heavy atom. The van der Waals surface area contributed by atoms with Crippen LogP contribution in [-0.2, 0) is 10.0 Å². The van der Waals surface area contributed by atoms with Gasteiger partial charge in [0.2, 0.25) is 10.0 Å². The van der Waals surface area contributed by atoms with Crippen molar-refractivity contribution in [2.45, 2.75) is 31.2 Å². The second kappa shape index (κ2) is 6.39. The summed E-state index contributed by atoms with van der Waals surface area (Å²) in [7, 11) is -3.55. The van der Waals surface area contributed by atoms with Crippen molar-refractivity contribution in [3.8, 4) is 0 Å². The van der Waals surface area contributed by atoms with E-state index >= 15 is 0 Å². The van der Waals surface area contributed by atoms with Gasteiger partial charge in [-0.15, -0.1) is 12.4 Å². The first-order valence-electron chi connectivity index (χ1n) is 6.34. The monoisotopic (exact) mass is 322 g/mol. The first-order valence-corrected chi connectivity index (χ1v) is 7.78. The minimum atomic E-state index is -3.55. The third kappa shape index (κ3) is 3.31. The number of hydrogen-bond donors (Lipinski definition) is 1. The summed E-state index contributed by atoms with van der Waals surface area (Å²) in [5, 5.41) is 0. The summed E-state index contributed by atoms with van der Waals surface area (Å²) in [6.07, 6.45) is 0.653. The Labute approximate surface area is 125 Å². The molecule has 1 aliphatic rings. The number of sulfonamides is 1. The summed E-state index contributed by atoms with van der Waals surface area (Å²) < 4.78 is 39.6. The number of nitrogens with zero attached hydrogens (tertiary/aromatic N) is 1. The Hall–Kier alpha value is -0.690. The van der Waals surface area contributed by atoms with Gasteiger partial charge in [0, 0.05) is 19.1 Å². The van der Waals surface area contributed by atoms with Gasteiger partial charge < -0.3 is 5.73 Å². The number of aryl methyl sites for hydroxylation is 1. The van der Waals surface area contributed by atoms with Crippen LogP contribution in [0.2, 0.25) is 0 Å². The second-order valence-electron chi connectivity index (χ2n) is 5.20. The van der Waals surface area contributed by atoms with Crippen LogP contribution in [0.25, 0.3) is 0 Å². The lowest BCUT2D eigenvalue weighted by Crippen LogP contribution is -2.48. The maximum absolute atomic E-state index is 13.1. The lowest BCUT2D eigenvalue weighted by molar-refractivity contribution is 0.250. The van der Waals surface area contributed by atoms with Crippen molar-refractivity contribution in [2.24, 2.45) is 11.7 Å². The summed E-state index contributed by atoms with van der Waals surface area (Å²) >= 11 is 0. The molecule has 0 amide bonds. The summed E-state index contributed by atoms with van der Waals surface area (Å²) in [4.78, 5) is 0.177. The molecule has 0 saturated carbocycles. The highest BCUT2D eigenvalue weighted by atomic mass is 35.5. The zero-order chi connectivity index (χ0) is 14.2. The molecule has 0 bridgehead atoms. The van der Waals surface area contributed by atoms with Crippen LogP contribution >= 0.6 is 12.4 Å². The minimum absolute atomic E-state index is 0. The third-order valence-corrected chi connectivity index (χ3v) is 5.71. The van der Waals surface area contributed by atoms with E-state index in [0.29, 0.717) is 25.1 Å². The molecule has 114 valence electrons. The van der Waals surface area contributed by atoms with Crippen LogP contribution in [-0.4, -0.2) is 31.9 Å². The molecule has 1 fully saturated rings. The summed E-state index contributed by atoms with van der Waals surface area (Å²) in [5.74, 6) is -0.297. The summed E-state index contributed by atoms with van der Waals surface area (Å²) in [6, 6.07) is 3.80. The summed E-state index contributed by atoms with van der Waals surface area (Å²) in [6.45, 7) is 4.39. The van der Waals surface area contributed by atoms with Gasteiger partial charge in [0.1, 0.15) is 5.82 Å². The predicted octanol–water partition coefficient (Wildman–Crippen LogP) is 1.91. The van der Waals surface area contributed by atoms with Crippen molar-refractivity contribution < 1.29 is 12.8 Å². The van der Waals surface area contributed by atoms with Gasteiger partial charge in [-0.2, -0.15) is 4.31 Å². The largest absolute Gasteiger partial charge is 0.327 e. The maximum atomic E-state index is 13.1. The average Bonchev–Trinajstić information content (AvgIpc) is 2.32. The molecule has 1 heterocycles. The molecular weight excluding hydrogens is 303 g/mol. The highest BCUT2D eigenvalue weighted by molar-refractivity contribution is 7.89. The van der Waals surface area contributed by atoms with E-state index in [1.807, 2.05) is 6.92 Å². The molecular formula is C13H20ClFN2O2S. The maximum Gasteiger partial charge on any atom is 0.243 e. The summed E-state index contributed by atoms with van der Waals surface area (Å²) in [5.41, 5.74) is 6.33.